The van der Waals surface area contributed by atoms with Crippen LogP contribution in [0.4, 0.5) is 0 Å². The van der Waals surface area contributed by atoms with Crippen molar-refractivity contribution in [1.82, 2.24) is 5.32 Å². The maximum atomic E-state index is 12.7. The van der Waals surface area contributed by atoms with E-state index in [9.17, 15) is 9.59 Å². The van der Waals surface area contributed by atoms with E-state index in [2.05, 4.69) is 17.9 Å². The SMILES string of the molecule is CC(NC(CS)C(=O)O)C(=O)c1ccccc1-c1ccccc1. The second kappa shape index (κ2) is 7.94. The van der Waals surface area contributed by atoms with E-state index in [-0.39, 0.29) is 11.5 Å². The molecular weight excluding hydrogens is 310 g/mol. The average Bonchev–Trinajstić information content (AvgIpc) is 2.59. The van der Waals surface area contributed by atoms with Crippen LogP contribution in [0, 0.1) is 0 Å². The third-order valence-corrected chi connectivity index (χ3v) is 3.97. The largest absolute Gasteiger partial charge is 0.480 e. The molecule has 0 aliphatic carbocycles. The second-order valence-corrected chi connectivity index (χ2v) is 5.60. The molecule has 2 rings (SSSR count). The summed E-state index contributed by atoms with van der Waals surface area (Å²) in [5.74, 6) is -1.04. The zero-order chi connectivity index (χ0) is 16.8. The molecule has 5 heteroatoms. The molecule has 2 aromatic carbocycles. The molecular formula is C18H19NO3S. The van der Waals surface area contributed by atoms with Crippen molar-refractivity contribution in [3.05, 3.63) is 60.2 Å². The van der Waals surface area contributed by atoms with Crippen molar-refractivity contribution in [2.45, 2.75) is 19.0 Å². The third kappa shape index (κ3) is 4.21. The number of carboxylic acid groups (broad SMARTS) is 1. The van der Waals surface area contributed by atoms with Crippen molar-refractivity contribution in [2.75, 3.05) is 5.75 Å². The van der Waals surface area contributed by atoms with Gasteiger partial charge in [-0.1, -0.05) is 54.6 Å². The van der Waals surface area contributed by atoms with Crippen LogP contribution < -0.4 is 5.32 Å². The Balaban J connectivity index is 2.28. The predicted molar refractivity (Wildman–Crippen MR) is 94.1 cm³/mol. The van der Waals surface area contributed by atoms with Gasteiger partial charge in [-0.15, -0.1) is 0 Å². The highest BCUT2D eigenvalue weighted by Gasteiger charge is 2.24. The molecule has 0 heterocycles. The number of ketones is 1. The molecule has 0 radical (unpaired) electrons. The lowest BCUT2D eigenvalue weighted by Crippen LogP contribution is -2.46. The van der Waals surface area contributed by atoms with Crippen molar-refractivity contribution >= 4 is 24.4 Å². The molecule has 120 valence electrons. The fourth-order valence-electron chi connectivity index (χ4n) is 2.38. The van der Waals surface area contributed by atoms with Crippen LogP contribution >= 0.6 is 12.6 Å². The number of benzene rings is 2. The van der Waals surface area contributed by atoms with Crippen LogP contribution in [0.2, 0.25) is 0 Å². The smallest absolute Gasteiger partial charge is 0.321 e. The van der Waals surface area contributed by atoms with Crippen LogP contribution in [0.1, 0.15) is 17.3 Å². The lowest BCUT2D eigenvalue weighted by molar-refractivity contribution is -0.138. The molecule has 0 aromatic heterocycles. The zero-order valence-electron chi connectivity index (χ0n) is 12.8. The molecule has 0 amide bonds. The van der Waals surface area contributed by atoms with Gasteiger partial charge < -0.3 is 5.11 Å². The van der Waals surface area contributed by atoms with Gasteiger partial charge in [0.2, 0.25) is 0 Å². The van der Waals surface area contributed by atoms with Crippen LogP contribution in [0.25, 0.3) is 11.1 Å². The number of hydrogen-bond donors (Lipinski definition) is 3. The molecule has 2 aromatic rings. The van der Waals surface area contributed by atoms with Gasteiger partial charge in [-0.3, -0.25) is 14.9 Å². The van der Waals surface area contributed by atoms with E-state index in [0.717, 1.165) is 11.1 Å². The highest BCUT2D eigenvalue weighted by atomic mass is 32.1. The normalized spacial score (nSPS) is 13.3. The first kappa shape index (κ1) is 17.2. The van der Waals surface area contributed by atoms with Crippen molar-refractivity contribution in [3.63, 3.8) is 0 Å². The maximum Gasteiger partial charge on any atom is 0.321 e. The van der Waals surface area contributed by atoms with Gasteiger partial charge in [0.25, 0.3) is 0 Å². The third-order valence-electron chi connectivity index (χ3n) is 3.60. The number of carbonyl (C=O) groups is 2. The fourth-order valence-corrected chi connectivity index (χ4v) is 2.64. The van der Waals surface area contributed by atoms with Gasteiger partial charge in [0.1, 0.15) is 6.04 Å². The number of rotatable bonds is 7. The van der Waals surface area contributed by atoms with Crippen molar-refractivity contribution < 1.29 is 14.7 Å². The van der Waals surface area contributed by atoms with Crippen LogP contribution in [0.15, 0.2) is 54.6 Å². The van der Waals surface area contributed by atoms with Gasteiger partial charge in [0.15, 0.2) is 5.78 Å². The molecule has 0 fully saturated rings. The Morgan fingerprint density at radius 2 is 1.70 bits per heavy atom. The molecule has 2 N–H and O–H groups in total. The van der Waals surface area contributed by atoms with E-state index in [1.165, 1.54) is 0 Å². The first-order valence-corrected chi connectivity index (χ1v) is 7.96. The number of carbonyl (C=O) groups excluding carboxylic acids is 1. The van der Waals surface area contributed by atoms with Crippen molar-refractivity contribution in [2.24, 2.45) is 0 Å². The van der Waals surface area contributed by atoms with E-state index < -0.39 is 18.1 Å². The molecule has 0 aliphatic heterocycles. The lowest BCUT2D eigenvalue weighted by atomic mass is 9.94. The highest BCUT2D eigenvalue weighted by Crippen LogP contribution is 2.24. The molecule has 2 unspecified atom stereocenters. The van der Waals surface area contributed by atoms with Crippen LogP contribution in [-0.4, -0.2) is 34.7 Å². The molecule has 0 saturated carbocycles. The Kier molecular flexibility index (Phi) is 5.96. The zero-order valence-corrected chi connectivity index (χ0v) is 13.7. The number of nitrogens with one attached hydrogen (secondary N) is 1. The number of aliphatic carboxylic acids is 1. The first-order chi connectivity index (χ1) is 11.0. The Morgan fingerprint density at radius 1 is 1.09 bits per heavy atom. The summed E-state index contributed by atoms with van der Waals surface area (Å²) in [4.78, 5) is 23.8. The Bertz CT molecular complexity index is 688. The van der Waals surface area contributed by atoms with Gasteiger partial charge in [0.05, 0.1) is 6.04 Å². The maximum absolute atomic E-state index is 12.7. The highest BCUT2D eigenvalue weighted by molar-refractivity contribution is 7.80. The van der Waals surface area contributed by atoms with Crippen LogP contribution in [0.5, 0.6) is 0 Å². The summed E-state index contributed by atoms with van der Waals surface area (Å²) >= 11 is 4.01. The molecule has 0 saturated heterocycles. The molecule has 2 atom stereocenters. The standard InChI is InChI=1S/C18H19NO3S/c1-12(19-16(11-23)18(21)22)17(20)15-10-6-5-9-14(15)13-7-3-2-4-8-13/h2-10,12,16,19,23H,11H2,1H3,(H,21,22). The van der Waals surface area contributed by atoms with Gasteiger partial charge in [0, 0.05) is 11.3 Å². The first-order valence-electron chi connectivity index (χ1n) is 7.33. The molecule has 0 bridgehead atoms. The molecule has 0 aliphatic rings. The van der Waals surface area contributed by atoms with Crippen molar-refractivity contribution in [1.29, 1.82) is 0 Å². The minimum Gasteiger partial charge on any atom is -0.480 e. The van der Waals surface area contributed by atoms with Gasteiger partial charge in [-0.05, 0) is 18.1 Å². The van der Waals surface area contributed by atoms with E-state index in [4.69, 9.17) is 5.11 Å². The number of Topliss-reactive ketones (excluding diaryl/α,β-unsaturated/α-hetero) is 1. The van der Waals surface area contributed by atoms with E-state index in [1.807, 2.05) is 42.5 Å². The van der Waals surface area contributed by atoms with Crippen molar-refractivity contribution in [3.8, 4) is 11.1 Å². The van der Waals surface area contributed by atoms with E-state index >= 15 is 0 Å². The predicted octanol–water partition coefficient (Wildman–Crippen LogP) is 2.90. The average molecular weight is 329 g/mol. The Morgan fingerprint density at radius 3 is 2.30 bits per heavy atom. The minimum atomic E-state index is -1.02. The van der Waals surface area contributed by atoms with E-state index in [1.54, 1.807) is 19.1 Å². The van der Waals surface area contributed by atoms with E-state index in [0.29, 0.717) is 5.56 Å². The number of hydrogen-bond acceptors (Lipinski definition) is 4. The summed E-state index contributed by atoms with van der Waals surface area (Å²) < 4.78 is 0. The molecule has 0 spiro atoms. The summed E-state index contributed by atoms with van der Waals surface area (Å²) in [6.07, 6.45) is 0. The molecule has 23 heavy (non-hydrogen) atoms. The molecule has 4 nitrogen and oxygen atoms in total. The van der Waals surface area contributed by atoms with Gasteiger partial charge in [-0.2, -0.15) is 12.6 Å². The number of thiol groups is 1. The van der Waals surface area contributed by atoms with Crippen LogP contribution in [-0.2, 0) is 4.79 Å². The minimum absolute atomic E-state index is 0.118. The second-order valence-electron chi connectivity index (χ2n) is 5.24. The fraction of sp³-hybridized carbons (Fsp3) is 0.222. The monoisotopic (exact) mass is 329 g/mol. The summed E-state index contributed by atoms with van der Waals surface area (Å²) in [5, 5.41) is 11.9. The quantitative estimate of drug-likeness (QED) is 0.540. The van der Waals surface area contributed by atoms with Crippen LogP contribution in [0.3, 0.4) is 0 Å². The summed E-state index contributed by atoms with van der Waals surface area (Å²) in [7, 11) is 0. The van der Waals surface area contributed by atoms with Gasteiger partial charge >= 0.3 is 5.97 Å². The summed E-state index contributed by atoms with van der Waals surface area (Å²) in [6, 6.07) is 15.5. The van der Waals surface area contributed by atoms with Gasteiger partial charge in [-0.25, -0.2) is 0 Å². The lowest BCUT2D eigenvalue weighted by Gasteiger charge is -2.19. The summed E-state index contributed by atoms with van der Waals surface area (Å²) in [5.41, 5.74) is 2.36. The summed E-state index contributed by atoms with van der Waals surface area (Å²) in [6.45, 7) is 1.67. The number of carboxylic acids is 1. The topological polar surface area (TPSA) is 66.4 Å². The Hall–Kier alpha value is -2.11. The Labute approximate surface area is 141 Å².